The second-order valence-electron chi connectivity index (χ2n) is 9.76. The Labute approximate surface area is 212 Å². The highest BCUT2D eigenvalue weighted by atomic mass is 16.5. The maximum atomic E-state index is 12.0. The number of rotatable bonds is 10. The van der Waals surface area contributed by atoms with Crippen molar-refractivity contribution in [1.82, 2.24) is 14.9 Å². The van der Waals surface area contributed by atoms with E-state index in [0.29, 0.717) is 5.82 Å². The van der Waals surface area contributed by atoms with Crippen molar-refractivity contribution in [3.05, 3.63) is 59.9 Å². The number of pyridine rings is 2. The standard InChI is InChI=1S/C28H35N5O3/c34-28(35)25(32-27-24-10-2-1-6-20(24)13-15-30-27)19-36-23-9-5-17-33(18-23)16-4-8-22-12-11-21-7-3-14-29-26(21)31-22/h1-2,6,10-13,15,23,25H,3-5,7-9,14,16-19H2,(H,29,31)(H,30,32)(H,34,35)/t23-,25+/m1/s1. The van der Waals surface area contributed by atoms with Gasteiger partial charge in [0.15, 0.2) is 0 Å². The van der Waals surface area contributed by atoms with Crippen LogP contribution in [0.3, 0.4) is 0 Å². The van der Waals surface area contributed by atoms with Crippen molar-refractivity contribution < 1.29 is 14.6 Å². The number of carboxylic acids is 1. The molecule has 0 amide bonds. The maximum absolute atomic E-state index is 12.0. The van der Waals surface area contributed by atoms with Crippen LogP contribution in [-0.2, 0) is 22.4 Å². The Morgan fingerprint density at radius 1 is 1.22 bits per heavy atom. The van der Waals surface area contributed by atoms with Gasteiger partial charge in [0.25, 0.3) is 0 Å². The molecule has 5 rings (SSSR count). The van der Waals surface area contributed by atoms with Crippen molar-refractivity contribution in [2.75, 3.05) is 43.4 Å². The Hall–Kier alpha value is -3.23. The number of hydrogen-bond donors (Lipinski definition) is 3. The second-order valence-corrected chi connectivity index (χ2v) is 9.76. The predicted molar refractivity (Wildman–Crippen MR) is 142 cm³/mol. The average Bonchev–Trinajstić information content (AvgIpc) is 2.91. The number of carbonyl (C=O) groups is 1. The molecule has 8 heteroatoms. The van der Waals surface area contributed by atoms with Gasteiger partial charge >= 0.3 is 5.97 Å². The third-order valence-electron chi connectivity index (χ3n) is 7.10. The number of nitrogens with one attached hydrogen (secondary N) is 2. The molecule has 3 N–H and O–H groups in total. The molecule has 1 fully saturated rings. The fourth-order valence-electron chi connectivity index (χ4n) is 5.15. The van der Waals surface area contributed by atoms with E-state index in [0.717, 1.165) is 80.6 Å². The van der Waals surface area contributed by atoms with Gasteiger partial charge in [-0.1, -0.05) is 30.3 Å². The van der Waals surface area contributed by atoms with E-state index in [9.17, 15) is 9.90 Å². The molecular weight excluding hydrogens is 454 g/mol. The average molecular weight is 490 g/mol. The van der Waals surface area contributed by atoms with Crippen LogP contribution in [0.25, 0.3) is 10.8 Å². The normalized spacial score (nSPS) is 18.8. The Morgan fingerprint density at radius 3 is 3.06 bits per heavy atom. The number of benzene rings is 1. The van der Waals surface area contributed by atoms with E-state index in [1.807, 2.05) is 30.3 Å². The van der Waals surface area contributed by atoms with Gasteiger partial charge < -0.3 is 25.4 Å². The zero-order chi connectivity index (χ0) is 24.7. The highest BCUT2D eigenvalue weighted by Gasteiger charge is 2.25. The molecule has 2 aliphatic heterocycles. The number of anilines is 2. The number of aromatic nitrogens is 2. The van der Waals surface area contributed by atoms with Gasteiger partial charge in [0.1, 0.15) is 17.7 Å². The summed E-state index contributed by atoms with van der Waals surface area (Å²) >= 11 is 0. The molecule has 1 aromatic carbocycles. The molecule has 0 spiro atoms. The number of ether oxygens (including phenoxy) is 1. The quantitative estimate of drug-likeness (QED) is 0.394. The number of aryl methyl sites for hydroxylation is 2. The molecule has 3 aromatic rings. The highest BCUT2D eigenvalue weighted by molar-refractivity contribution is 5.93. The molecule has 0 aliphatic carbocycles. The van der Waals surface area contributed by atoms with E-state index in [4.69, 9.17) is 9.72 Å². The van der Waals surface area contributed by atoms with Gasteiger partial charge in [-0.2, -0.15) is 0 Å². The molecule has 0 bridgehead atoms. The fourth-order valence-corrected chi connectivity index (χ4v) is 5.15. The molecule has 36 heavy (non-hydrogen) atoms. The van der Waals surface area contributed by atoms with Crippen molar-refractivity contribution in [2.24, 2.45) is 0 Å². The zero-order valence-corrected chi connectivity index (χ0v) is 20.7. The maximum Gasteiger partial charge on any atom is 0.328 e. The largest absolute Gasteiger partial charge is 0.480 e. The van der Waals surface area contributed by atoms with Gasteiger partial charge in [0.05, 0.1) is 12.7 Å². The van der Waals surface area contributed by atoms with E-state index in [2.05, 4.69) is 32.7 Å². The van der Waals surface area contributed by atoms with Crippen LogP contribution >= 0.6 is 0 Å². The predicted octanol–water partition coefficient (Wildman–Crippen LogP) is 3.97. The van der Waals surface area contributed by atoms with Crippen LogP contribution in [0.4, 0.5) is 11.6 Å². The number of carboxylic acid groups (broad SMARTS) is 1. The van der Waals surface area contributed by atoms with Crippen LogP contribution in [-0.4, -0.2) is 70.9 Å². The minimum absolute atomic E-state index is 0.0361. The topological polar surface area (TPSA) is 99.6 Å². The minimum atomic E-state index is -0.940. The number of fused-ring (bicyclic) bond motifs is 2. The van der Waals surface area contributed by atoms with Crippen molar-refractivity contribution >= 4 is 28.4 Å². The van der Waals surface area contributed by atoms with Crippen LogP contribution in [0, 0.1) is 0 Å². The summed E-state index contributed by atoms with van der Waals surface area (Å²) in [6.07, 6.45) is 8.03. The van der Waals surface area contributed by atoms with Gasteiger partial charge in [-0.3, -0.25) is 0 Å². The molecule has 2 aromatic heterocycles. The monoisotopic (exact) mass is 489 g/mol. The number of likely N-dealkylation sites (tertiary alicyclic amines) is 1. The van der Waals surface area contributed by atoms with Crippen LogP contribution in [0.2, 0.25) is 0 Å². The lowest BCUT2D eigenvalue weighted by atomic mass is 10.1. The molecule has 2 atom stereocenters. The number of nitrogens with zero attached hydrogens (tertiary/aromatic N) is 3. The smallest absolute Gasteiger partial charge is 0.328 e. The first kappa shape index (κ1) is 24.5. The molecule has 4 heterocycles. The first-order valence-electron chi connectivity index (χ1n) is 13.1. The summed E-state index contributed by atoms with van der Waals surface area (Å²) in [5.74, 6) is 0.690. The summed E-state index contributed by atoms with van der Waals surface area (Å²) in [4.78, 5) is 23.6. The highest BCUT2D eigenvalue weighted by Crippen LogP contribution is 2.22. The molecule has 0 unspecified atom stereocenters. The number of piperidine rings is 1. The summed E-state index contributed by atoms with van der Waals surface area (Å²) in [6.45, 7) is 3.99. The van der Waals surface area contributed by atoms with Gasteiger partial charge in [0, 0.05) is 30.4 Å². The van der Waals surface area contributed by atoms with Crippen molar-refractivity contribution in [1.29, 1.82) is 0 Å². The molecule has 0 saturated carbocycles. The van der Waals surface area contributed by atoms with Gasteiger partial charge in [-0.05, 0) is 74.7 Å². The van der Waals surface area contributed by atoms with Crippen molar-refractivity contribution in [3.63, 3.8) is 0 Å². The van der Waals surface area contributed by atoms with Crippen LogP contribution < -0.4 is 10.6 Å². The summed E-state index contributed by atoms with van der Waals surface area (Å²) in [5.41, 5.74) is 2.47. The van der Waals surface area contributed by atoms with E-state index >= 15 is 0 Å². The first-order valence-corrected chi connectivity index (χ1v) is 13.1. The minimum Gasteiger partial charge on any atom is -0.480 e. The SMILES string of the molecule is O=C(O)[C@H](CO[C@@H]1CCCN(CCCc2ccc3c(n2)NCCC3)C1)Nc1nccc2ccccc12. The zero-order valence-electron chi connectivity index (χ0n) is 20.7. The lowest BCUT2D eigenvalue weighted by molar-refractivity contribution is -0.140. The Bertz CT molecular complexity index is 1180. The third-order valence-corrected chi connectivity index (χ3v) is 7.10. The Balaban J connectivity index is 1.10. The van der Waals surface area contributed by atoms with Gasteiger partial charge in [-0.25, -0.2) is 14.8 Å². The van der Waals surface area contributed by atoms with E-state index in [1.165, 1.54) is 12.0 Å². The fraction of sp³-hybridized carbons (Fsp3) is 0.464. The molecule has 8 nitrogen and oxygen atoms in total. The second kappa shape index (κ2) is 11.7. The first-order chi connectivity index (χ1) is 17.7. The summed E-state index contributed by atoms with van der Waals surface area (Å²) in [5, 5.41) is 18.2. The van der Waals surface area contributed by atoms with Crippen LogP contribution in [0.5, 0.6) is 0 Å². The van der Waals surface area contributed by atoms with Gasteiger partial charge in [0.2, 0.25) is 0 Å². The van der Waals surface area contributed by atoms with E-state index in [1.54, 1.807) is 6.20 Å². The molecular formula is C28H35N5O3. The van der Waals surface area contributed by atoms with Crippen LogP contribution in [0.1, 0.15) is 36.9 Å². The molecule has 0 radical (unpaired) electrons. The summed E-state index contributed by atoms with van der Waals surface area (Å²) in [7, 11) is 0. The number of hydrogen-bond acceptors (Lipinski definition) is 7. The van der Waals surface area contributed by atoms with Crippen molar-refractivity contribution in [3.8, 4) is 0 Å². The summed E-state index contributed by atoms with van der Waals surface area (Å²) in [6, 6.07) is 13.3. The summed E-state index contributed by atoms with van der Waals surface area (Å²) < 4.78 is 6.11. The van der Waals surface area contributed by atoms with Gasteiger partial charge in [-0.15, -0.1) is 0 Å². The molecule has 190 valence electrons. The van der Waals surface area contributed by atoms with E-state index in [-0.39, 0.29) is 12.7 Å². The van der Waals surface area contributed by atoms with Crippen molar-refractivity contribution in [2.45, 2.75) is 50.7 Å². The Morgan fingerprint density at radius 2 is 2.14 bits per heavy atom. The molecule has 2 aliphatic rings. The molecule has 1 saturated heterocycles. The lowest BCUT2D eigenvalue weighted by Crippen LogP contribution is -2.43. The van der Waals surface area contributed by atoms with E-state index < -0.39 is 12.0 Å². The number of aliphatic carboxylic acids is 1. The lowest BCUT2D eigenvalue weighted by Gasteiger charge is -2.33. The van der Waals surface area contributed by atoms with Crippen LogP contribution in [0.15, 0.2) is 48.7 Å². The third kappa shape index (κ3) is 6.12. The Kier molecular flexibility index (Phi) is 7.93.